The zero-order valence-electron chi connectivity index (χ0n) is 3.98. The van der Waals surface area contributed by atoms with E-state index in [-0.39, 0.29) is 22.2 Å². The number of thiol groups is 1. The molecule has 0 saturated heterocycles. The Morgan fingerprint density at radius 1 is 1.88 bits per heavy atom. The van der Waals surface area contributed by atoms with Crippen LogP contribution in [0.1, 0.15) is 0 Å². The number of carboxylic acids is 1. The summed E-state index contributed by atoms with van der Waals surface area (Å²) in [7, 11) is 0. The Labute approximate surface area is 63.0 Å². The van der Waals surface area contributed by atoms with E-state index in [0.29, 0.717) is 0 Å². The van der Waals surface area contributed by atoms with Gasteiger partial charge in [0.05, 0.1) is 0 Å². The predicted octanol–water partition coefficient (Wildman–Crippen LogP) is -0.674. The Kier molecular flexibility index (Phi) is 7.52. The van der Waals surface area contributed by atoms with Crippen LogP contribution in [0.2, 0.25) is 0 Å². The van der Waals surface area contributed by atoms with Crippen LogP contribution in [-0.4, -0.2) is 22.9 Å². The Morgan fingerprint density at radius 2 is 2.25 bits per heavy atom. The molecule has 0 unspecified atom stereocenters. The average molecular weight is 180 g/mol. The van der Waals surface area contributed by atoms with Crippen LogP contribution < -0.4 is 5.73 Å². The van der Waals surface area contributed by atoms with Gasteiger partial charge in [-0.3, -0.25) is 4.79 Å². The summed E-state index contributed by atoms with van der Waals surface area (Å²) >= 11 is 3.65. The molecule has 5 heteroatoms. The largest absolute Gasteiger partial charge is 0.480 e. The average Bonchev–Trinajstić information content (AvgIpc) is 1.65. The van der Waals surface area contributed by atoms with E-state index in [1.54, 1.807) is 0 Å². The molecule has 0 radical (unpaired) electrons. The van der Waals surface area contributed by atoms with Crippen LogP contribution in [0.25, 0.3) is 0 Å². The van der Waals surface area contributed by atoms with Crippen molar-refractivity contribution in [2.45, 2.75) is 6.04 Å². The molecule has 8 heavy (non-hydrogen) atoms. The van der Waals surface area contributed by atoms with Gasteiger partial charge in [-0.15, -0.1) is 0 Å². The van der Waals surface area contributed by atoms with E-state index in [1.807, 2.05) is 0 Å². The number of carbonyl (C=O) groups is 1. The summed E-state index contributed by atoms with van der Waals surface area (Å²) in [6, 6.07) is -0.816. The van der Waals surface area contributed by atoms with Gasteiger partial charge < -0.3 is 10.8 Å². The molecular formula is C3H7NNiO2S. The number of hydrogen-bond acceptors (Lipinski definition) is 3. The Hall–Kier alpha value is 0.274. The maximum absolute atomic E-state index is 9.76. The molecule has 0 aromatic rings. The summed E-state index contributed by atoms with van der Waals surface area (Å²) in [5.41, 5.74) is 4.94. The summed E-state index contributed by atoms with van der Waals surface area (Å²) in [6.07, 6.45) is 0. The normalized spacial score (nSPS) is 11.8. The van der Waals surface area contributed by atoms with Gasteiger partial charge in [-0.1, -0.05) is 0 Å². The van der Waals surface area contributed by atoms with Gasteiger partial charge in [0.25, 0.3) is 0 Å². The first kappa shape index (κ1) is 11.1. The van der Waals surface area contributed by atoms with Crippen molar-refractivity contribution >= 4 is 18.6 Å². The van der Waals surface area contributed by atoms with Crippen LogP contribution in [0.5, 0.6) is 0 Å². The number of aliphatic carboxylic acids is 1. The molecule has 0 aromatic heterocycles. The van der Waals surface area contributed by atoms with Crippen LogP contribution in [0.4, 0.5) is 0 Å². The summed E-state index contributed by atoms with van der Waals surface area (Å²) < 4.78 is 0. The summed E-state index contributed by atoms with van der Waals surface area (Å²) in [4.78, 5) is 9.76. The molecule has 0 aliphatic carbocycles. The fourth-order valence-electron chi connectivity index (χ4n) is 0.0781. The van der Waals surface area contributed by atoms with Crippen molar-refractivity contribution in [1.29, 1.82) is 0 Å². The van der Waals surface area contributed by atoms with Crippen molar-refractivity contribution in [3.05, 3.63) is 0 Å². The molecular weight excluding hydrogens is 173 g/mol. The van der Waals surface area contributed by atoms with E-state index < -0.39 is 12.0 Å². The van der Waals surface area contributed by atoms with E-state index in [9.17, 15) is 4.79 Å². The third kappa shape index (κ3) is 4.43. The Bertz CT molecular complexity index is 79.7. The van der Waals surface area contributed by atoms with Crippen molar-refractivity contribution < 1.29 is 26.4 Å². The molecule has 0 aromatic carbocycles. The first-order chi connectivity index (χ1) is 3.18. The first-order valence-corrected chi connectivity index (χ1v) is 2.41. The zero-order chi connectivity index (χ0) is 5.86. The van der Waals surface area contributed by atoms with Crippen molar-refractivity contribution in [2.24, 2.45) is 5.73 Å². The number of nitrogens with two attached hydrogens (primary N) is 1. The third-order valence-corrected chi connectivity index (χ3v) is 0.907. The van der Waals surface area contributed by atoms with Gasteiger partial charge in [0.15, 0.2) is 0 Å². The molecule has 0 amide bonds. The maximum Gasteiger partial charge on any atom is 0.321 e. The van der Waals surface area contributed by atoms with Gasteiger partial charge in [-0.25, -0.2) is 0 Å². The zero-order valence-corrected chi connectivity index (χ0v) is 5.86. The smallest absolute Gasteiger partial charge is 0.321 e. The third-order valence-electron chi connectivity index (χ3n) is 0.514. The van der Waals surface area contributed by atoms with E-state index in [1.165, 1.54) is 0 Å². The van der Waals surface area contributed by atoms with Gasteiger partial charge in [0.1, 0.15) is 6.04 Å². The summed E-state index contributed by atoms with van der Waals surface area (Å²) in [5, 5.41) is 8.01. The van der Waals surface area contributed by atoms with Crippen LogP contribution in [0.15, 0.2) is 0 Å². The van der Waals surface area contributed by atoms with Gasteiger partial charge in [-0.05, 0) is 0 Å². The van der Waals surface area contributed by atoms with Crippen molar-refractivity contribution in [1.82, 2.24) is 0 Å². The van der Waals surface area contributed by atoms with E-state index in [0.717, 1.165) is 0 Å². The number of hydrogen-bond donors (Lipinski definition) is 3. The van der Waals surface area contributed by atoms with Crippen LogP contribution in [0, 0.1) is 0 Å². The van der Waals surface area contributed by atoms with E-state index in [2.05, 4.69) is 12.6 Å². The topological polar surface area (TPSA) is 63.3 Å². The minimum atomic E-state index is -1.00. The number of carboxylic acid groups (broad SMARTS) is 1. The van der Waals surface area contributed by atoms with Gasteiger partial charge in [0, 0.05) is 22.2 Å². The molecule has 0 aliphatic rings. The molecule has 3 N–H and O–H groups in total. The van der Waals surface area contributed by atoms with Crippen LogP contribution in [0.3, 0.4) is 0 Å². The standard InChI is InChI=1S/C3H7NO2S.Ni/c4-2(1-7)3(5)6;/h2,7H,1,4H2,(H,5,6);/t2-;/m0./s1. The molecule has 52 valence electrons. The molecule has 0 saturated carbocycles. The molecule has 0 bridgehead atoms. The summed E-state index contributed by atoms with van der Waals surface area (Å²) in [6.45, 7) is 0. The van der Waals surface area contributed by atoms with Gasteiger partial charge in [0.2, 0.25) is 0 Å². The molecule has 0 heterocycles. The molecule has 1 atom stereocenters. The van der Waals surface area contributed by atoms with E-state index >= 15 is 0 Å². The second kappa shape index (κ2) is 5.41. The second-order valence-electron chi connectivity index (χ2n) is 1.13. The van der Waals surface area contributed by atoms with Crippen LogP contribution in [-0.2, 0) is 21.3 Å². The minimum Gasteiger partial charge on any atom is -0.480 e. The molecule has 0 fully saturated rings. The number of rotatable bonds is 2. The van der Waals surface area contributed by atoms with Gasteiger partial charge in [-0.2, -0.15) is 12.6 Å². The molecule has 0 aliphatic heterocycles. The molecule has 0 rings (SSSR count). The van der Waals surface area contributed by atoms with Crippen molar-refractivity contribution in [3.63, 3.8) is 0 Å². The minimum absolute atomic E-state index is 0. The Morgan fingerprint density at radius 3 is 2.25 bits per heavy atom. The summed E-state index contributed by atoms with van der Waals surface area (Å²) in [5.74, 6) is -0.815. The van der Waals surface area contributed by atoms with Crippen LogP contribution >= 0.6 is 12.6 Å². The second-order valence-corrected chi connectivity index (χ2v) is 1.49. The van der Waals surface area contributed by atoms with E-state index in [4.69, 9.17) is 10.8 Å². The fourth-order valence-corrected chi connectivity index (χ4v) is 0.234. The fraction of sp³-hybridized carbons (Fsp3) is 0.667. The first-order valence-electron chi connectivity index (χ1n) is 1.77. The van der Waals surface area contributed by atoms with Crippen molar-refractivity contribution in [2.75, 3.05) is 5.75 Å². The Balaban J connectivity index is 0. The van der Waals surface area contributed by atoms with Crippen molar-refractivity contribution in [3.8, 4) is 0 Å². The predicted molar refractivity (Wildman–Crippen MR) is 29.5 cm³/mol. The van der Waals surface area contributed by atoms with Gasteiger partial charge >= 0.3 is 5.97 Å². The maximum atomic E-state index is 9.76. The monoisotopic (exact) mass is 179 g/mol. The molecule has 3 nitrogen and oxygen atoms in total. The quantitative estimate of drug-likeness (QED) is 0.389. The molecule has 0 spiro atoms. The SMILES string of the molecule is N[C@@H](CS)C(=O)O.[Ni].